The molecule has 1 heterocycles. The minimum Gasteiger partial charge on any atom is -0.315 e. The maximum Gasteiger partial charge on any atom is 0.133 e. The first-order valence-corrected chi connectivity index (χ1v) is 7.91. The Morgan fingerprint density at radius 2 is 1.43 bits per heavy atom. The number of benzene rings is 3. The molecule has 4 rings (SSSR count). The van der Waals surface area contributed by atoms with Gasteiger partial charge in [0.1, 0.15) is 5.84 Å². The van der Waals surface area contributed by atoms with Crippen molar-refractivity contribution in [1.29, 1.82) is 5.41 Å². The van der Waals surface area contributed by atoms with Crippen LogP contribution in [-0.4, -0.2) is 5.84 Å². The summed E-state index contributed by atoms with van der Waals surface area (Å²) in [6.45, 7) is 0. The third-order valence-corrected chi connectivity index (χ3v) is 4.48. The Balaban J connectivity index is 1.90. The second-order valence-electron chi connectivity index (χ2n) is 5.60. The molecule has 1 atom stereocenters. The van der Waals surface area contributed by atoms with Crippen LogP contribution in [0.25, 0.3) is 0 Å². The van der Waals surface area contributed by atoms with Gasteiger partial charge in [0.15, 0.2) is 0 Å². The molecule has 0 fully saturated rings. The summed E-state index contributed by atoms with van der Waals surface area (Å²) in [5.74, 6) is 0.525. The highest BCUT2D eigenvalue weighted by Crippen LogP contribution is 2.41. The third-order valence-electron chi connectivity index (χ3n) is 4.23. The molecule has 0 bridgehead atoms. The molecule has 3 aromatic carbocycles. The SMILES string of the molecule is N=C1c2ccccc2C(c2ccccc2)N1c1ccc(Cl)cc1. The summed E-state index contributed by atoms with van der Waals surface area (Å²) in [7, 11) is 0. The van der Waals surface area contributed by atoms with E-state index in [1.165, 1.54) is 11.1 Å². The molecule has 0 aliphatic carbocycles. The number of amidine groups is 1. The van der Waals surface area contributed by atoms with Crippen LogP contribution in [0, 0.1) is 5.41 Å². The van der Waals surface area contributed by atoms with Crippen molar-refractivity contribution in [3.05, 3.63) is 101 Å². The van der Waals surface area contributed by atoms with E-state index in [1.807, 2.05) is 60.7 Å². The molecule has 3 heteroatoms. The normalized spacial score (nSPS) is 16.5. The Bertz CT molecular complexity index is 856. The van der Waals surface area contributed by atoms with Crippen molar-refractivity contribution in [2.45, 2.75) is 6.04 Å². The molecule has 0 aromatic heterocycles. The third kappa shape index (κ3) is 2.32. The van der Waals surface area contributed by atoms with E-state index >= 15 is 0 Å². The predicted octanol–water partition coefficient (Wildman–Crippen LogP) is 5.27. The average molecular weight is 319 g/mol. The van der Waals surface area contributed by atoms with Gasteiger partial charge in [0.25, 0.3) is 0 Å². The molecular weight excluding hydrogens is 304 g/mol. The standard InChI is InChI=1S/C20H15ClN2/c21-15-10-12-16(13-11-15)23-19(14-6-2-1-3-7-14)17-8-4-5-9-18(17)20(23)22/h1-13,19,22H. The first-order chi connectivity index (χ1) is 11.3. The number of hydrogen-bond donors (Lipinski definition) is 1. The molecule has 3 aromatic rings. The average Bonchev–Trinajstić information content (AvgIpc) is 2.90. The number of nitrogens with one attached hydrogen (secondary N) is 1. The van der Waals surface area contributed by atoms with Gasteiger partial charge in [-0.25, -0.2) is 0 Å². The molecule has 23 heavy (non-hydrogen) atoms. The van der Waals surface area contributed by atoms with E-state index in [0.29, 0.717) is 10.9 Å². The summed E-state index contributed by atoms with van der Waals surface area (Å²) in [6, 6.07) is 26.2. The number of hydrogen-bond acceptors (Lipinski definition) is 1. The number of fused-ring (bicyclic) bond motifs is 1. The van der Waals surface area contributed by atoms with Gasteiger partial charge in [-0.05, 0) is 35.4 Å². The van der Waals surface area contributed by atoms with Crippen molar-refractivity contribution in [2.75, 3.05) is 4.90 Å². The van der Waals surface area contributed by atoms with Crippen LogP contribution in [0.3, 0.4) is 0 Å². The minimum atomic E-state index is 0.0149. The van der Waals surface area contributed by atoms with Gasteiger partial charge in [-0.2, -0.15) is 0 Å². The van der Waals surface area contributed by atoms with Gasteiger partial charge in [-0.3, -0.25) is 5.41 Å². The van der Waals surface area contributed by atoms with Gasteiger partial charge < -0.3 is 4.90 Å². The van der Waals surface area contributed by atoms with Crippen LogP contribution < -0.4 is 4.90 Å². The minimum absolute atomic E-state index is 0.0149. The second-order valence-corrected chi connectivity index (χ2v) is 6.03. The first kappa shape index (κ1) is 14.0. The van der Waals surface area contributed by atoms with E-state index in [1.54, 1.807) is 0 Å². The largest absolute Gasteiger partial charge is 0.315 e. The predicted molar refractivity (Wildman–Crippen MR) is 95.5 cm³/mol. The fraction of sp³-hybridized carbons (Fsp3) is 0.0500. The molecule has 1 aliphatic heterocycles. The van der Waals surface area contributed by atoms with E-state index in [-0.39, 0.29) is 6.04 Å². The molecular formula is C20H15ClN2. The van der Waals surface area contributed by atoms with Crippen molar-refractivity contribution >= 4 is 23.1 Å². The first-order valence-electron chi connectivity index (χ1n) is 7.53. The lowest BCUT2D eigenvalue weighted by molar-refractivity contribution is 0.869. The van der Waals surface area contributed by atoms with Crippen molar-refractivity contribution in [3.8, 4) is 0 Å². The van der Waals surface area contributed by atoms with Crippen LogP contribution in [0.5, 0.6) is 0 Å². The smallest absolute Gasteiger partial charge is 0.133 e. The van der Waals surface area contributed by atoms with Crippen LogP contribution in [0.15, 0.2) is 78.9 Å². The lowest BCUT2D eigenvalue weighted by Gasteiger charge is -2.27. The van der Waals surface area contributed by atoms with E-state index in [2.05, 4.69) is 23.1 Å². The van der Waals surface area contributed by atoms with E-state index in [9.17, 15) is 0 Å². The Labute approximate surface area is 140 Å². The quantitative estimate of drug-likeness (QED) is 0.684. The molecule has 0 spiro atoms. The number of rotatable bonds is 2. The van der Waals surface area contributed by atoms with Crippen LogP contribution >= 0.6 is 11.6 Å². The molecule has 112 valence electrons. The van der Waals surface area contributed by atoms with Crippen molar-refractivity contribution < 1.29 is 0 Å². The van der Waals surface area contributed by atoms with Crippen molar-refractivity contribution in [3.63, 3.8) is 0 Å². The van der Waals surface area contributed by atoms with E-state index < -0.39 is 0 Å². The van der Waals surface area contributed by atoms with Gasteiger partial charge in [0.2, 0.25) is 0 Å². The fourth-order valence-electron chi connectivity index (χ4n) is 3.19. The Morgan fingerprint density at radius 1 is 0.783 bits per heavy atom. The summed E-state index contributed by atoms with van der Waals surface area (Å²) in [5.41, 5.74) is 4.30. The Morgan fingerprint density at radius 3 is 2.17 bits per heavy atom. The number of halogens is 1. The van der Waals surface area contributed by atoms with Gasteiger partial charge in [0, 0.05) is 16.3 Å². The van der Waals surface area contributed by atoms with Crippen molar-refractivity contribution in [2.24, 2.45) is 0 Å². The molecule has 0 saturated heterocycles. The van der Waals surface area contributed by atoms with Gasteiger partial charge >= 0.3 is 0 Å². The zero-order valence-electron chi connectivity index (χ0n) is 12.4. The monoisotopic (exact) mass is 318 g/mol. The molecule has 0 radical (unpaired) electrons. The Hall–Kier alpha value is -2.58. The van der Waals surface area contributed by atoms with E-state index in [0.717, 1.165) is 11.3 Å². The van der Waals surface area contributed by atoms with E-state index in [4.69, 9.17) is 17.0 Å². The molecule has 1 unspecified atom stereocenters. The maximum absolute atomic E-state index is 8.65. The van der Waals surface area contributed by atoms with Gasteiger partial charge in [-0.1, -0.05) is 66.2 Å². The van der Waals surface area contributed by atoms with Crippen LogP contribution in [-0.2, 0) is 0 Å². The highest BCUT2D eigenvalue weighted by molar-refractivity contribution is 6.30. The van der Waals surface area contributed by atoms with Gasteiger partial charge in [0.05, 0.1) is 6.04 Å². The number of anilines is 1. The lowest BCUT2D eigenvalue weighted by Crippen LogP contribution is -2.28. The molecule has 0 saturated carbocycles. The highest BCUT2D eigenvalue weighted by atomic mass is 35.5. The zero-order valence-corrected chi connectivity index (χ0v) is 13.2. The van der Waals surface area contributed by atoms with Gasteiger partial charge in [-0.15, -0.1) is 0 Å². The summed E-state index contributed by atoms with van der Waals surface area (Å²) >= 11 is 6.03. The summed E-state index contributed by atoms with van der Waals surface area (Å²) < 4.78 is 0. The highest BCUT2D eigenvalue weighted by Gasteiger charge is 2.35. The lowest BCUT2D eigenvalue weighted by atomic mass is 9.98. The maximum atomic E-state index is 8.65. The van der Waals surface area contributed by atoms with Crippen LogP contribution in [0.1, 0.15) is 22.7 Å². The summed E-state index contributed by atoms with van der Waals surface area (Å²) in [5, 5.41) is 9.35. The van der Waals surface area contributed by atoms with Crippen LogP contribution in [0.4, 0.5) is 5.69 Å². The van der Waals surface area contributed by atoms with Crippen molar-refractivity contribution in [1.82, 2.24) is 0 Å². The second kappa shape index (κ2) is 5.56. The molecule has 0 amide bonds. The molecule has 1 aliphatic rings. The zero-order chi connectivity index (χ0) is 15.8. The number of nitrogens with zero attached hydrogens (tertiary/aromatic N) is 1. The summed E-state index contributed by atoms with van der Waals surface area (Å²) in [4.78, 5) is 2.07. The van der Waals surface area contributed by atoms with Crippen LogP contribution in [0.2, 0.25) is 5.02 Å². The Kier molecular flexibility index (Phi) is 3.40. The fourth-order valence-corrected chi connectivity index (χ4v) is 3.32. The molecule has 1 N–H and O–H groups in total. The molecule has 2 nitrogen and oxygen atoms in total. The topological polar surface area (TPSA) is 27.1 Å². The summed E-state index contributed by atoms with van der Waals surface area (Å²) in [6.07, 6.45) is 0.